The molecule has 2 unspecified atom stereocenters. The summed E-state index contributed by atoms with van der Waals surface area (Å²) in [6.07, 6.45) is 8.19. The lowest BCUT2D eigenvalue weighted by Crippen LogP contribution is -2.28. The summed E-state index contributed by atoms with van der Waals surface area (Å²) in [4.78, 5) is 0. The quantitative estimate of drug-likeness (QED) is 0.672. The molecule has 1 saturated carbocycles. The van der Waals surface area contributed by atoms with E-state index in [2.05, 4.69) is 6.92 Å². The van der Waals surface area contributed by atoms with E-state index in [0.29, 0.717) is 17.2 Å². The van der Waals surface area contributed by atoms with Gasteiger partial charge in [0.1, 0.15) is 6.10 Å². The van der Waals surface area contributed by atoms with Gasteiger partial charge < -0.3 is 9.84 Å². The van der Waals surface area contributed by atoms with Crippen molar-refractivity contribution in [3.05, 3.63) is 28.8 Å². The second-order valence-electron chi connectivity index (χ2n) is 7.80. The van der Waals surface area contributed by atoms with Crippen molar-refractivity contribution in [2.45, 2.75) is 82.7 Å². The lowest BCUT2D eigenvalue weighted by molar-refractivity contribution is 0.176. The van der Waals surface area contributed by atoms with Crippen molar-refractivity contribution in [3.63, 3.8) is 0 Å². The first-order valence-electron chi connectivity index (χ1n) is 9.96. The van der Waals surface area contributed by atoms with Gasteiger partial charge in [0, 0.05) is 16.6 Å². The molecule has 2 aliphatic rings. The van der Waals surface area contributed by atoms with Crippen LogP contribution in [0.2, 0.25) is 0 Å². The fraction of sp³-hybridized carbons (Fsp3) is 0.714. The van der Waals surface area contributed by atoms with Gasteiger partial charge in [0.15, 0.2) is 11.6 Å². The van der Waals surface area contributed by atoms with Crippen molar-refractivity contribution in [1.29, 1.82) is 0 Å². The fourth-order valence-electron chi connectivity index (χ4n) is 4.20. The van der Waals surface area contributed by atoms with Gasteiger partial charge in [-0.05, 0) is 63.0 Å². The highest BCUT2D eigenvalue weighted by molar-refractivity contribution is 7.99. The van der Waals surface area contributed by atoms with Gasteiger partial charge in [-0.1, -0.05) is 19.8 Å². The van der Waals surface area contributed by atoms with Gasteiger partial charge in [-0.15, -0.1) is 0 Å². The zero-order chi connectivity index (χ0) is 18.7. The Morgan fingerprint density at radius 1 is 1.19 bits per heavy atom. The SMILES string of the molecule is CCCC1CCC(SCC2CCc3cc(C(C)O)c(F)c(F)c3O2)CC1. The van der Waals surface area contributed by atoms with Gasteiger partial charge in [-0.3, -0.25) is 0 Å². The molecule has 0 amide bonds. The molecule has 2 atom stereocenters. The number of aliphatic hydroxyl groups is 1. The lowest BCUT2D eigenvalue weighted by Gasteiger charge is -2.31. The number of fused-ring (bicyclic) bond motifs is 1. The van der Waals surface area contributed by atoms with Crippen LogP contribution in [0.3, 0.4) is 0 Å². The van der Waals surface area contributed by atoms with Crippen LogP contribution >= 0.6 is 11.8 Å². The molecule has 1 fully saturated rings. The maximum Gasteiger partial charge on any atom is 0.201 e. The Balaban J connectivity index is 1.55. The first-order valence-corrected chi connectivity index (χ1v) is 11.0. The molecule has 1 aromatic carbocycles. The fourth-order valence-corrected chi connectivity index (χ4v) is 5.53. The smallest absolute Gasteiger partial charge is 0.201 e. The zero-order valence-corrected chi connectivity index (χ0v) is 16.6. The van der Waals surface area contributed by atoms with E-state index in [4.69, 9.17) is 4.74 Å². The Kier molecular flexibility index (Phi) is 6.84. The van der Waals surface area contributed by atoms with Crippen LogP contribution in [-0.4, -0.2) is 22.2 Å². The molecule has 1 heterocycles. The lowest BCUT2D eigenvalue weighted by atomic mass is 9.86. The molecule has 1 aliphatic carbocycles. The number of ether oxygens (including phenoxy) is 1. The third kappa shape index (κ3) is 4.53. The molecule has 0 spiro atoms. The van der Waals surface area contributed by atoms with E-state index in [1.807, 2.05) is 11.8 Å². The first kappa shape index (κ1) is 19.9. The summed E-state index contributed by atoms with van der Waals surface area (Å²) in [5, 5.41) is 10.3. The summed E-state index contributed by atoms with van der Waals surface area (Å²) in [5.41, 5.74) is 0.683. The van der Waals surface area contributed by atoms with Crippen molar-refractivity contribution in [2.75, 3.05) is 5.75 Å². The Morgan fingerprint density at radius 3 is 2.58 bits per heavy atom. The first-order chi connectivity index (χ1) is 12.5. The normalized spacial score (nSPS) is 26.9. The Labute approximate surface area is 159 Å². The number of halogens is 2. The van der Waals surface area contributed by atoms with Crippen molar-refractivity contribution in [3.8, 4) is 5.75 Å². The topological polar surface area (TPSA) is 29.5 Å². The van der Waals surface area contributed by atoms with Crippen LogP contribution in [0.5, 0.6) is 5.75 Å². The second-order valence-corrected chi connectivity index (χ2v) is 9.13. The van der Waals surface area contributed by atoms with Crippen LogP contribution in [0, 0.1) is 17.6 Å². The molecule has 5 heteroatoms. The molecule has 3 rings (SSSR count). The predicted molar refractivity (Wildman–Crippen MR) is 103 cm³/mol. The molecule has 1 aliphatic heterocycles. The highest BCUT2D eigenvalue weighted by atomic mass is 32.2. The van der Waals surface area contributed by atoms with Crippen LogP contribution in [0.4, 0.5) is 8.78 Å². The predicted octanol–water partition coefficient (Wildman–Crippen LogP) is 5.80. The molecule has 0 saturated heterocycles. The highest BCUT2D eigenvalue weighted by Gasteiger charge is 2.29. The molecule has 26 heavy (non-hydrogen) atoms. The van der Waals surface area contributed by atoms with Gasteiger partial charge in [0.2, 0.25) is 5.82 Å². The molecule has 0 radical (unpaired) electrons. The van der Waals surface area contributed by atoms with Crippen LogP contribution in [0.15, 0.2) is 6.07 Å². The van der Waals surface area contributed by atoms with Crippen LogP contribution in [0.25, 0.3) is 0 Å². The number of benzene rings is 1. The summed E-state index contributed by atoms with van der Waals surface area (Å²) in [7, 11) is 0. The van der Waals surface area contributed by atoms with E-state index in [1.165, 1.54) is 45.4 Å². The monoisotopic (exact) mass is 384 g/mol. The summed E-state index contributed by atoms with van der Waals surface area (Å²) in [6.45, 7) is 3.70. The van der Waals surface area contributed by atoms with E-state index >= 15 is 0 Å². The average Bonchev–Trinajstić information content (AvgIpc) is 2.64. The molecular formula is C21H30F2O2S. The highest BCUT2D eigenvalue weighted by Crippen LogP contribution is 2.38. The molecule has 2 nitrogen and oxygen atoms in total. The minimum Gasteiger partial charge on any atom is -0.486 e. The Bertz CT molecular complexity index is 613. The van der Waals surface area contributed by atoms with Crippen LogP contribution < -0.4 is 4.74 Å². The summed E-state index contributed by atoms with van der Waals surface area (Å²) < 4.78 is 34.3. The van der Waals surface area contributed by atoms with Crippen molar-refractivity contribution in [2.24, 2.45) is 5.92 Å². The van der Waals surface area contributed by atoms with Gasteiger partial charge in [0.25, 0.3) is 0 Å². The van der Waals surface area contributed by atoms with Crippen molar-refractivity contribution < 1.29 is 18.6 Å². The van der Waals surface area contributed by atoms with E-state index in [-0.39, 0.29) is 17.4 Å². The average molecular weight is 385 g/mol. The zero-order valence-electron chi connectivity index (χ0n) is 15.8. The maximum absolute atomic E-state index is 14.4. The minimum atomic E-state index is -1.02. The van der Waals surface area contributed by atoms with Crippen LogP contribution in [0.1, 0.15) is 76.0 Å². The standard InChI is InChI=1S/C21H30F2O2S/c1-3-4-14-5-9-17(10-6-14)26-12-16-8-7-15-11-18(13(2)24)19(22)20(23)21(15)25-16/h11,13-14,16-17,24H,3-10,12H2,1-2H3. The van der Waals surface area contributed by atoms with Crippen LogP contribution in [-0.2, 0) is 6.42 Å². The van der Waals surface area contributed by atoms with Gasteiger partial charge in [-0.2, -0.15) is 16.2 Å². The largest absolute Gasteiger partial charge is 0.486 e. The van der Waals surface area contributed by atoms with Gasteiger partial charge in [0.05, 0.1) is 6.10 Å². The number of thioether (sulfide) groups is 1. The molecule has 0 aromatic heterocycles. The number of aryl methyl sites for hydroxylation is 1. The van der Waals surface area contributed by atoms with Crippen molar-refractivity contribution >= 4 is 11.8 Å². The maximum atomic E-state index is 14.4. The summed E-state index contributed by atoms with van der Waals surface area (Å²) in [6, 6.07) is 1.55. The number of hydrogen-bond donors (Lipinski definition) is 1. The molecule has 146 valence electrons. The molecule has 0 bridgehead atoms. The molecular weight excluding hydrogens is 354 g/mol. The third-order valence-electron chi connectivity index (χ3n) is 5.75. The number of hydrogen-bond acceptors (Lipinski definition) is 3. The molecule has 1 N–H and O–H groups in total. The molecule has 1 aromatic rings. The van der Waals surface area contributed by atoms with E-state index in [1.54, 1.807) is 6.07 Å². The van der Waals surface area contributed by atoms with E-state index < -0.39 is 17.7 Å². The second kappa shape index (κ2) is 8.92. The van der Waals surface area contributed by atoms with E-state index in [9.17, 15) is 13.9 Å². The van der Waals surface area contributed by atoms with E-state index in [0.717, 1.165) is 18.1 Å². The number of aliphatic hydroxyl groups excluding tert-OH is 1. The Hall–Kier alpha value is -0.810. The summed E-state index contributed by atoms with van der Waals surface area (Å²) in [5.74, 6) is -0.151. The third-order valence-corrected chi connectivity index (χ3v) is 7.25. The number of rotatable bonds is 6. The Morgan fingerprint density at radius 2 is 1.92 bits per heavy atom. The minimum absolute atomic E-state index is 0.0153. The summed E-state index contributed by atoms with van der Waals surface area (Å²) >= 11 is 1.94. The van der Waals surface area contributed by atoms with Gasteiger partial charge in [-0.25, -0.2) is 4.39 Å². The van der Waals surface area contributed by atoms with Crippen molar-refractivity contribution in [1.82, 2.24) is 0 Å². The van der Waals surface area contributed by atoms with Gasteiger partial charge >= 0.3 is 0 Å².